The molecular formula is C30H31N3O3. The first-order chi connectivity index (χ1) is 17.6. The number of allylic oxidation sites excluding steroid dienone is 2. The van der Waals surface area contributed by atoms with Crippen molar-refractivity contribution in [1.29, 1.82) is 0 Å². The highest BCUT2D eigenvalue weighted by Crippen LogP contribution is 2.65. The number of carbonyl (C=O) groups is 3. The van der Waals surface area contributed by atoms with Crippen LogP contribution < -0.4 is 5.32 Å². The van der Waals surface area contributed by atoms with Gasteiger partial charge in [0, 0.05) is 30.0 Å². The van der Waals surface area contributed by atoms with Crippen molar-refractivity contribution in [2.75, 3.05) is 5.32 Å². The van der Waals surface area contributed by atoms with Crippen molar-refractivity contribution in [2.45, 2.75) is 44.6 Å². The molecule has 184 valence electrons. The molecule has 0 radical (unpaired) electrons. The fourth-order valence-corrected chi connectivity index (χ4v) is 7.62. The van der Waals surface area contributed by atoms with Gasteiger partial charge in [-0.3, -0.25) is 24.3 Å². The summed E-state index contributed by atoms with van der Waals surface area (Å²) in [5.41, 5.74) is 3.19. The first kappa shape index (κ1) is 22.0. The van der Waals surface area contributed by atoms with Gasteiger partial charge >= 0.3 is 0 Å². The number of carbonyl (C=O) groups excluding carboxylic acids is 3. The Hall–Kier alpha value is -3.28. The van der Waals surface area contributed by atoms with Crippen LogP contribution in [0.25, 0.3) is 0 Å². The van der Waals surface area contributed by atoms with Crippen molar-refractivity contribution in [3.8, 4) is 0 Å². The number of amides is 3. The third kappa shape index (κ3) is 3.53. The van der Waals surface area contributed by atoms with E-state index >= 15 is 0 Å². The van der Waals surface area contributed by atoms with Crippen LogP contribution in [0.1, 0.15) is 43.2 Å². The van der Waals surface area contributed by atoms with Gasteiger partial charge in [-0.1, -0.05) is 24.3 Å². The van der Waals surface area contributed by atoms with Crippen LogP contribution in [-0.4, -0.2) is 33.6 Å². The van der Waals surface area contributed by atoms with Gasteiger partial charge in [0.15, 0.2) is 0 Å². The molecule has 3 amide bonds. The fourth-order valence-electron chi connectivity index (χ4n) is 7.62. The second kappa shape index (κ2) is 8.39. The molecule has 2 bridgehead atoms. The van der Waals surface area contributed by atoms with E-state index in [1.54, 1.807) is 17.3 Å². The van der Waals surface area contributed by atoms with E-state index in [2.05, 4.69) is 22.5 Å². The number of nitrogens with zero attached hydrogens (tertiary/aromatic N) is 2. The van der Waals surface area contributed by atoms with E-state index in [-0.39, 0.29) is 53.4 Å². The van der Waals surface area contributed by atoms with Crippen LogP contribution >= 0.6 is 0 Å². The zero-order valence-corrected chi connectivity index (χ0v) is 20.3. The number of pyridine rings is 1. The quantitative estimate of drug-likeness (QED) is 0.512. The molecule has 1 aliphatic heterocycles. The molecule has 1 N–H and O–H groups in total. The van der Waals surface area contributed by atoms with E-state index < -0.39 is 0 Å². The Morgan fingerprint density at radius 2 is 1.42 bits per heavy atom. The molecule has 6 heteroatoms. The topological polar surface area (TPSA) is 79.4 Å². The second-order valence-corrected chi connectivity index (χ2v) is 11.4. The van der Waals surface area contributed by atoms with Crippen molar-refractivity contribution in [1.82, 2.24) is 9.88 Å². The summed E-state index contributed by atoms with van der Waals surface area (Å²) < 4.78 is 0. The summed E-state index contributed by atoms with van der Waals surface area (Å²) in [5.74, 6) is 1.61. The van der Waals surface area contributed by atoms with Crippen LogP contribution in [0.15, 0.2) is 60.9 Å². The van der Waals surface area contributed by atoms with E-state index in [1.165, 1.54) is 17.5 Å². The number of hydrogen-bond donors (Lipinski definition) is 1. The van der Waals surface area contributed by atoms with Gasteiger partial charge in [0.2, 0.25) is 17.7 Å². The third-order valence-electron chi connectivity index (χ3n) is 9.51. The zero-order valence-electron chi connectivity index (χ0n) is 20.3. The highest BCUT2D eigenvalue weighted by Gasteiger charge is 2.67. The summed E-state index contributed by atoms with van der Waals surface area (Å²) >= 11 is 0. The van der Waals surface area contributed by atoms with Gasteiger partial charge in [0.25, 0.3) is 0 Å². The molecule has 4 fully saturated rings. The lowest BCUT2D eigenvalue weighted by Gasteiger charge is -2.37. The smallest absolute Gasteiger partial charge is 0.233 e. The first-order valence-electron chi connectivity index (χ1n) is 13.4. The molecule has 1 aromatic heterocycles. The summed E-state index contributed by atoms with van der Waals surface area (Å²) in [4.78, 5) is 45.4. The SMILES string of the molecule is O=C(Nc1ccc(Cc2ccncc2)cc1)C1CCC(N2C(=O)[C@H]3[C@@H]4C=C[C@@H]([C@H]5C[C@H]45)[C@@H]3C2=O)CC1. The van der Waals surface area contributed by atoms with Crippen molar-refractivity contribution in [2.24, 2.45) is 41.4 Å². The van der Waals surface area contributed by atoms with Gasteiger partial charge in [-0.15, -0.1) is 0 Å². The van der Waals surface area contributed by atoms with Gasteiger partial charge in [0.05, 0.1) is 11.8 Å². The van der Waals surface area contributed by atoms with Gasteiger partial charge in [-0.05, 0) is 97.6 Å². The van der Waals surface area contributed by atoms with Crippen LogP contribution in [-0.2, 0) is 20.8 Å². The second-order valence-electron chi connectivity index (χ2n) is 11.4. The van der Waals surface area contributed by atoms with Gasteiger partial charge in [0.1, 0.15) is 0 Å². The molecule has 36 heavy (non-hydrogen) atoms. The van der Waals surface area contributed by atoms with E-state index in [0.29, 0.717) is 24.7 Å². The zero-order chi connectivity index (χ0) is 24.4. The lowest BCUT2D eigenvalue weighted by Crippen LogP contribution is -2.44. The van der Waals surface area contributed by atoms with E-state index in [0.717, 1.165) is 24.9 Å². The minimum Gasteiger partial charge on any atom is -0.326 e. The molecule has 6 nitrogen and oxygen atoms in total. The summed E-state index contributed by atoms with van der Waals surface area (Å²) in [6, 6.07) is 12.0. The Kier molecular flexibility index (Phi) is 5.12. The molecule has 2 heterocycles. The molecule has 1 aromatic carbocycles. The normalized spacial score (nSPS) is 35.9. The molecule has 6 atom stereocenters. The van der Waals surface area contributed by atoms with Crippen molar-refractivity contribution in [3.63, 3.8) is 0 Å². The molecule has 5 aliphatic carbocycles. The molecule has 2 aromatic rings. The van der Waals surface area contributed by atoms with Gasteiger partial charge in [-0.25, -0.2) is 0 Å². The molecule has 6 aliphatic rings. The van der Waals surface area contributed by atoms with Crippen LogP contribution in [0, 0.1) is 41.4 Å². The summed E-state index contributed by atoms with van der Waals surface area (Å²) in [6.45, 7) is 0. The largest absolute Gasteiger partial charge is 0.326 e. The Morgan fingerprint density at radius 3 is 2.03 bits per heavy atom. The van der Waals surface area contributed by atoms with E-state index in [4.69, 9.17) is 0 Å². The first-order valence-corrected chi connectivity index (χ1v) is 13.4. The molecule has 3 saturated carbocycles. The lowest BCUT2D eigenvalue weighted by molar-refractivity contribution is -0.144. The van der Waals surface area contributed by atoms with Gasteiger partial charge in [-0.2, -0.15) is 0 Å². The number of anilines is 1. The Morgan fingerprint density at radius 1 is 0.833 bits per heavy atom. The molecule has 8 rings (SSSR count). The minimum absolute atomic E-state index is 0.0328. The van der Waals surface area contributed by atoms with Crippen LogP contribution in [0.4, 0.5) is 5.69 Å². The lowest BCUT2D eigenvalue weighted by atomic mass is 9.63. The van der Waals surface area contributed by atoms with E-state index in [1.807, 2.05) is 36.4 Å². The number of aromatic nitrogens is 1. The van der Waals surface area contributed by atoms with Gasteiger partial charge < -0.3 is 5.32 Å². The maximum atomic E-state index is 13.4. The third-order valence-corrected chi connectivity index (χ3v) is 9.51. The monoisotopic (exact) mass is 481 g/mol. The number of hydrogen-bond acceptors (Lipinski definition) is 4. The van der Waals surface area contributed by atoms with Crippen molar-refractivity contribution < 1.29 is 14.4 Å². The Balaban J connectivity index is 0.950. The Labute approximate surface area is 211 Å². The summed E-state index contributed by atoms with van der Waals surface area (Å²) in [6.07, 6.45) is 12.9. The average Bonchev–Trinajstić information content (AvgIpc) is 3.69. The predicted octanol–water partition coefficient (Wildman–Crippen LogP) is 4.22. The number of benzene rings is 1. The van der Waals surface area contributed by atoms with Crippen LogP contribution in [0.5, 0.6) is 0 Å². The standard InChI is InChI=1S/C30H31N3O3/c34-28(32-20-5-1-17(2-6-20)15-18-11-13-31-14-12-18)19-3-7-21(8-4-19)33-29(35)26-22-9-10-23(25-16-24(22)25)27(26)30(33)36/h1-2,5-6,9-14,19,21-27H,3-4,7-8,15-16H2,(H,32,34)/t19?,21?,22-,23+,24-,25-,26+,27+/m1/s1. The van der Waals surface area contributed by atoms with E-state index in [9.17, 15) is 14.4 Å². The highest BCUT2D eigenvalue weighted by atomic mass is 16.2. The summed E-state index contributed by atoms with van der Waals surface area (Å²) in [5, 5.41) is 3.07. The van der Waals surface area contributed by atoms with Crippen LogP contribution in [0.2, 0.25) is 0 Å². The molecule has 1 saturated heterocycles. The Bertz CT molecular complexity index is 1200. The highest BCUT2D eigenvalue weighted by molar-refractivity contribution is 6.06. The number of imide groups is 1. The number of rotatable bonds is 5. The predicted molar refractivity (Wildman–Crippen MR) is 134 cm³/mol. The molecule has 0 unspecified atom stereocenters. The van der Waals surface area contributed by atoms with Crippen molar-refractivity contribution >= 4 is 23.4 Å². The maximum absolute atomic E-state index is 13.4. The van der Waals surface area contributed by atoms with Crippen LogP contribution in [0.3, 0.4) is 0 Å². The summed E-state index contributed by atoms with van der Waals surface area (Å²) in [7, 11) is 0. The fraction of sp³-hybridized carbons (Fsp3) is 0.467. The average molecular weight is 482 g/mol. The number of nitrogens with one attached hydrogen (secondary N) is 1. The minimum atomic E-state index is -0.126. The molecule has 0 spiro atoms. The molecular weight excluding hydrogens is 450 g/mol. The number of likely N-dealkylation sites (tertiary alicyclic amines) is 1. The van der Waals surface area contributed by atoms with Crippen molar-refractivity contribution in [3.05, 3.63) is 72.1 Å². The maximum Gasteiger partial charge on any atom is 0.233 e.